The summed E-state index contributed by atoms with van der Waals surface area (Å²) in [6.45, 7) is 6.94. The maximum atomic E-state index is 15.5. The monoisotopic (exact) mass is 973 g/mol. The predicted octanol–water partition coefficient (Wildman–Crippen LogP) is 6.16. The maximum absolute atomic E-state index is 15.5. The lowest BCUT2D eigenvalue weighted by molar-refractivity contribution is -0.138. The number of nitriles is 1. The van der Waals surface area contributed by atoms with Gasteiger partial charge in [-0.1, -0.05) is 44.2 Å². The van der Waals surface area contributed by atoms with Crippen LogP contribution >= 0.6 is 0 Å². The minimum absolute atomic E-state index is 0.0281. The molecule has 2 saturated heterocycles. The summed E-state index contributed by atoms with van der Waals surface area (Å²) in [6, 6.07) is 20.2. The SMILES string of the molecule is CC1(C)CN(Cc2ccc(-c3ccc(NCCOCCOCCOCCOCCOc4cccc5c4C(=O)N(C4CCC(=O)NC4=O)C5=O)cc3)cc2F)C(=O)C1Oc1ccc(C#N)c(C(F)(F)F)c1. The number of carbonyl (C=O) groups is 5. The molecule has 0 spiro atoms. The normalized spacial score (nSPS) is 17.7. The largest absolute Gasteiger partial charge is 0.490 e. The van der Waals surface area contributed by atoms with Crippen LogP contribution in [0.5, 0.6) is 11.5 Å². The Morgan fingerprint density at radius 3 is 2.10 bits per heavy atom. The van der Waals surface area contributed by atoms with Gasteiger partial charge in [-0.05, 0) is 66.1 Å². The number of hydrogen-bond acceptors (Lipinski definition) is 13. The van der Waals surface area contributed by atoms with Gasteiger partial charge >= 0.3 is 6.18 Å². The summed E-state index contributed by atoms with van der Waals surface area (Å²) >= 11 is 0. The standard InChI is InChI=1S/C50H51F4N5O11/c1-49(2)30-58(48(64)44(49)70-36-13-10-33(28-55)38(27-36)50(52,53)54)29-34-7-6-32(26-39(34)51)31-8-11-35(12-9-31)56-16-17-65-18-19-66-20-21-67-22-23-68-24-25-69-41-5-3-4-37-43(41)47(63)59(46(37)62)40-14-15-42(60)57-45(40)61/h3-13,26-27,40,44,56H,14-25,29-30H2,1-2H3,(H,57,60,61). The molecule has 20 heteroatoms. The van der Waals surface area contributed by atoms with Crippen LogP contribution in [0.15, 0.2) is 78.9 Å². The molecule has 2 unspecified atom stereocenters. The molecular weight excluding hydrogens is 923 g/mol. The molecule has 0 saturated carbocycles. The number of nitrogens with one attached hydrogen (secondary N) is 2. The van der Waals surface area contributed by atoms with E-state index in [9.17, 15) is 37.1 Å². The van der Waals surface area contributed by atoms with Crippen LogP contribution in [0.2, 0.25) is 0 Å². The van der Waals surface area contributed by atoms with E-state index in [0.717, 1.165) is 22.2 Å². The van der Waals surface area contributed by atoms with Crippen molar-refractivity contribution in [3.63, 3.8) is 0 Å². The van der Waals surface area contributed by atoms with Gasteiger partial charge in [0.15, 0.2) is 6.10 Å². The number of imide groups is 2. The number of carbonyl (C=O) groups excluding carboxylic acids is 5. The lowest BCUT2D eigenvalue weighted by Gasteiger charge is -2.27. The van der Waals surface area contributed by atoms with Crippen LogP contribution in [0.1, 0.15) is 64.1 Å². The molecule has 0 bridgehead atoms. The molecule has 5 amide bonds. The second kappa shape index (κ2) is 22.7. The fourth-order valence-corrected chi connectivity index (χ4v) is 8.25. The molecule has 3 heterocycles. The third-order valence-electron chi connectivity index (χ3n) is 11.8. The van der Waals surface area contributed by atoms with Crippen LogP contribution in [0.4, 0.5) is 23.2 Å². The Morgan fingerprint density at radius 2 is 1.46 bits per heavy atom. The van der Waals surface area contributed by atoms with Crippen molar-refractivity contribution in [2.75, 3.05) is 77.9 Å². The van der Waals surface area contributed by atoms with Gasteiger partial charge in [-0.25, -0.2) is 4.39 Å². The molecule has 2 fully saturated rings. The number of anilines is 1. The molecule has 70 heavy (non-hydrogen) atoms. The van der Waals surface area contributed by atoms with Crippen LogP contribution in [-0.2, 0) is 46.1 Å². The predicted molar refractivity (Wildman–Crippen MR) is 242 cm³/mol. The van der Waals surface area contributed by atoms with Crippen molar-refractivity contribution in [3.8, 4) is 28.7 Å². The van der Waals surface area contributed by atoms with E-state index in [0.29, 0.717) is 57.8 Å². The molecule has 3 aliphatic heterocycles. The Morgan fingerprint density at radius 1 is 0.800 bits per heavy atom. The second-order valence-corrected chi connectivity index (χ2v) is 17.2. The number of piperidine rings is 1. The molecule has 7 rings (SSSR count). The molecule has 16 nitrogen and oxygen atoms in total. The highest BCUT2D eigenvalue weighted by Gasteiger charge is 2.49. The van der Waals surface area contributed by atoms with E-state index in [-0.39, 0.29) is 73.9 Å². The van der Waals surface area contributed by atoms with Crippen molar-refractivity contribution in [1.29, 1.82) is 5.26 Å². The average molecular weight is 974 g/mol. The van der Waals surface area contributed by atoms with E-state index in [1.54, 1.807) is 38.1 Å². The highest BCUT2D eigenvalue weighted by atomic mass is 19.4. The first-order chi connectivity index (χ1) is 33.5. The molecule has 0 aliphatic carbocycles. The lowest BCUT2D eigenvalue weighted by Crippen LogP contribution is -2.54. The molecule has 4 aromatic rings. The summed E-state index contributed by atoms with van der Waals surface area (Å²) in [4.78, 5) is 65.8. The van der Waals surface area contributed by atoms with E-state index in [1.807, 2.05) is 24.3 Å². The highest BCUT2D eigenvalue weighted by Crippen LogP contribution is 2.39. The summed E-state index contributed by atoms with van der Waals surface area (Å²) in [5.41, 5.74) is 0.190. The quantitative estimate of drug-likeness (QED) is 0.0488. The fourth-order valence-electron chi connectivity index (χ4n) is 8.25. The van der Waals surface area contributed by atoms with Gasteiger partial charge in [0, 0.05) is 42.7 Å². The number of alkyl halides is 3. The average Bonchev–Trinajstić information content (AvgIpc) is 3.71. The van der Waals surface area contributed by atoms with Gasteiger partial charge in [-0.2, -0.15) is 18.4 Å². The third kappa shape index (κ3) is 12.3. The van der Waals surface area contributed by atoms with E-state index >= 15 is 4.39 Å². The number of amides is 5. The Kier molecular flexibility index (Phi) is 16.5. The Bertz CT molecular complexity index is 2620. The van der Waals surface area contributed by atoms with E-state index in [4.69, 9.17) is 33.7 Å². The van der Waals surface area contributed by atoms with E-state index in [1.165, 1.54) is 29.2 Å². The third-order valence-corrected chi connectivity index (χ3v) is 11.8. The van der Waals surface area contributed by atoms with Gasteiger partial charge in [-0.15, -0.1) is 0 Å². The van der Waals surface area contributed by atoms with Crippen LogP contribution in [0.3, 0.4) is 0 Å². The molecule has 2 N–H and O–H groups in total. The van der Waals surface area contributed by atoms with Crippen molar-refractivity contribution in [2.24, 2.45) is 5.41 Å². The van der Waals surface area contributed by atoms with E-state index in [2.05, 4.69) is 10.6 Å². The van der Waals surface area contributed by atoms with Gasteiger partial charge in [0.2, 0.25) is 11.8 Å². The molecule has 0 aromatic heterocycles. The summed E-state index contributed by atoms with van der Waals surface area (Å²) in [6.07, 6.45) is -5.82. The smallest absolute Gasteiger partial charge is 0.417 e. The molecule has 4 aromatic carbocycles. The minimum Gasteiger partial charge on any atom is -0.490 e. The molecule has 0 radical (unpaired) electrons. The van der Waals surface area contributed by atoms with Crippen LogP contribution in [-0.4, -0.2) is 124 Å². The summed E-state index contributed by atoms with van der Waals surface area (Å²) in [5, 5.41) is 14.6. The zero-order valence-corrected chi connectivity index (χ0v) is 38.4. The lowest BCUT2D eigenvalue weighted by atomic mass is 9.89. The number of rotatable bonds is 23. The van der Waals surface area contributed by atoms with Gasteiger partial charge in [0.25, 0.3) is 17.7 Å². The van der Waals surface area contributed by atoms with Crippen molar-refractivity contribution in [3.05, 3.63) is 112 Å². The van der Waals surface area contributed by atoms with Crippen LogP contribution in [0, 0.1) is 22.6 Å². The topological polar surface area (TPSA) is 195 Å². The number of nitrogens with zero attached hydrogens (tertiary/aromatic N) is 3. The Hall–Kier alpha value is -6.92. The number of ether oxygens (including phenoxy) is 6. The van der Waals surface area contributed by atoms with Crippen LogP contribution < -0.4 is 20.1 Å². The summed E-state index contributed by atoms with van der Waals surface area (Å²) in [5.74, 6) is -3.39. The van der Waals surface area contributed by atoms with Gasteiger partial charge in [0.05, 0.1) is 81.2 Å². The minimum atomic E-state index is -4.79. The number of fused-ring (bicyclic) bond motifs is 1. The first-order valence-corrected chi connectivity index (χ1v) is 22.5. The number of likely N-dealkylation sites (tertiary alicyclic amines) is 1. The first kappa shape index (κ1) is 50.9. The van der Waals surface area contributed by atoms with Gasteiger partial charge in [0.1, 0.15) is 30.0 Å². The van der Waals surface area contributed by atoms with E-state index < -0.39 is 70.2 Å². The Labute approximate surface area is 400 Å². The second-order valence-electron chi connectivity index (χ2n) is 17.2. The Balaban J connectivity index is 0.724. The van der Waals surface area contributed by atoms with Crippen molar-refractivity contribution < 1.29 is 70.0 Å². The van der Waals surface area contributed by atoms with Crippen molar-refractivity contribution >= 4 is 35.2 Å². The van der Waals surface area contributed by atoms with Gasteiger partial charge < -0.3 is 38.6 Å². The van der Waals surface area contributed by atoms with Crippen LogP contribution in [0.25, 0.3) is 11.1 Å². The molecule has 3 aliphatic rings. The zero-order chi connectivity index (χ0) is 50.0. The molecule has 2 atom stereocenters. The number of benzene rings is 4. The fraction of sp³-hybridized carbons (Fsp3) is 0.400. The van der Waals surface area contributed by atoms with Crippen molar-refractivity contribution in [2.45, 2.75) is 51.6 Å². The van der Waals surface area contributed by atoms with Gasteiger partial charge in [-0.3, -0.25) is 34.2 Å². The zero-order valence-electron chi connectivity index (χ0n) is 38.4. The first-order valence-electron chi connectivity index (χ1n) is 22.5. The summed E-state index contributed by atoms with van der Waals surface area (Å²) < 4.78 is 89.9. The molecular formula is C50H51F4N5O11. The molecule has 370 valence electrons. The summed E-state index contributed by atoms with van der Waals surface area (Å²) in [7, 11) is 0. The number of halogens is 4. The number of hydrogen-bond donors (Lipinski definition) is 2. The maximum Gasteiger partial charge on any atom is 0.417 e. The van der Waals surface area contributed by atoms with Crippen molar-refractivity contribution in [1.82, 2.24) is 15.1 Å². The highest BCUT2D eigenvalue weighted by molar-refractivity contribution is 6.24.